The van der Waals surface area contributed by atoms with Crippen LogP contribution < -0.4 is 5.32 Å². The zero-order valence-electron chi connectivity index (χ0n) is 10.2. The Morgan fingerprint density at radius 1 is 1.21 bits per heavy atom. The highest BCUT2D eigenvalue weighted by molar-refractivity contribution is 9.10. The fraction of sp³-hybridized carbons (Fsp3) is 0.200. The van der Waals surface area contributed by atoms with Crippen molar-refractivity contribution in [1.82, 2.24) is 0 Å². The molecule has 0 aliphatic carbocycles. The molecule has 98 valence electrons. The molecule has 1 aliphatic rings. The van der Waals surface area contributed by atoms with Crippen molar-refractivity contribution < 1.29 is 4.74 Å². The number of halogens is 2. The summed E-state index contributed by atoms with van der Waals surface area (Å²) in [6.07, 6.45) is 0. The van der Waals surface area contributed by atoms with Crippen LogP contribution in [0.1, 0.15) is 17.2 Å². The monoisotopic (exact) mass is 337 g/mol. The van der Waals surface area contributed by atoms with Crippen molar-refractivity contribution >= 4 is 33.2 Å². The molecule has 0 spiro atoms. The van der Waals surface area contributed by atoms with Crippen LogP contribution >= 0.6 is 27.5 Å². The average molecular weight is 339 g/mol. The summed E-state index contributed by atoms with van der Waals surface area (Å²) < 4.78 is 6.53. The molecule has 1 atom stereocenters. The third-order valence-electron chi connectivity index (χ3n) is 3.23. The molecule has 1 unspecified atom stereocenters. The molecule has 2 nitrogen and oxygen atoms in total. The highest BCUT2D eigenvalue weighted by Gasteiger charge is 2.20. The van der Waals surface area contributed by atoms with Gasteiger partial charge in [-0.25, -0.2) is 0 Å². The van der Waals surface area contributed by atoms with Gasteiger partial charge in [0.15, 0.2) is 0 Å². The second-order valence-corrected chi connectivity index (χ2v) is 5.80. The normalized spacial score (nSPS) is 17.9. The Bertz CT molecular complexity index is 602. The van der Waals surface area contributed by atoms with E-state index < -0.39 is 0 Å². The van der Waals surface area contributed by atoms with Crippen molar-refractivity contribution in [3.8, 4) is 0 Å². The predicted molar refractivity (Wildman–Crippen MR) is 81.6 cm³/mol. The molecule has 1 aliphatic heterocycles. The first-order valence-corrected chi connectivity index (χ1v) is 7.28. The zero-order valence-corrected chi connectivity index (χ0v) is 12.5. The van der Waals surface area contributed by atoms with Crippen molar-refractivity contribution in [3.05, 3.63) is 63.1 Å². The Kier molecular flexibility index (Phi) is 3.78. The molecule has 19 heavy (non-hydrogen) atoms. The third kappa shape index (κ3) is 2.78. The lowest BCUT2D eigenvalue weighted by atomic mass is 9.99. The summed E-state index contributed by atoms with van der Waals surface area (Å²) in [5, 5.41) is 4.21. The number of hydrogen-bond acceptors (Lipinski definition) is 2. The van der Waals surface area contributed by atoms with Gasteiger partial charge in [0.2, 0.25) is 0 Å². The minimum atomic E-state index is 0.179. The van der Waals surface area contributed by atoms with E-state index in [0.717, 1.165) is 10.2 Å². The van der Waals surface area contributed by atoms with Crippen molar-refractivity contribution in [1.29, 1.82) is 0 Å². The van der Waals surface area contributed by atoms with Crippen LogP contribution in [0.25, 0.3) is 0 Å². The SMILES string of the molecule is Clc1ccc(NC2COCc3ccccc32)cc1Br. The van der Waals surface area contributed by atoms with E-state index in [4.69, 9.17) is 16.3 Å². The Morgan fingerprint density at radius 2 is 2.05 bits per heavy atom. The fourth-order valence-electron chi connectivity index (χ4n) is 2.29. The van der Waals surface area contributed by atoms with Crippen LogP contribution in [0.5, 0.6) is 0 Å². The van der Waals surface area contributed by atoms with Crippen LogP contribution in [0.15, 0.2) is 46.9 Å². The van der Waals surface area contributed by atoms with Gasteiger partial charge in [-0.2, -0.15) is 0 Å². The maximum Gasteiger partial charge on any atom is 0.0751 e. The molecule has 2 aromatic carbocycles. The minimum absolute atomic E-state index is 0.179. The molecule has 0 fully saturated rings. The molecule has 1 heterocycles. The lowest BCUT2D eigenvalue weighted by molar-refractivity contribution is 0.0970. The maximum absolute atomic E-state index is 6.01. The molecular formula is C15H13BrClNO. The molecule has 3 rings (SSSR count). The van der Waals surface area contributed by atoms with Crippen molar-refractivity contribution in [2.24, 2.45) is 0 Å². The van der Waals surface area contributed by atoms with Crippen LogP contribution in [0.3, 0.4) is 0 Å². The van der Waals surface area contributed by atoms with Crippen LogP contribution in [0.2, 0.25) is 5.02 Å². The summed E-state index contributed by atoms with van der Waals surface area (Å²) in [7, 11) is 0. The number of anilines is 1. The second-order valence-electron chi connectivity index (χ2n) is 4.54. The summed E-state index contributed by atoms with van der Waals surface area (Å²) in [5.74, 6) is 0. The van der Waals surface area contributed by atoms with Gasteiger partial charge < -0.3 is 10.1 Å². The molecule has 0 amide bonds. The Morgan fingerprint density at radius 3 is 2.89 bits per heavy atom. The van der Waals surface area contributed by atoms with E-state index in [-0.39, 0.29) is 6.04 Å². The molecule has 0 saturated carbocycles. The van der Waals surface area contributed by atoms with E-state index in [9.17, 15) is 0 Å². The van der Waals surface area contributed by atoms with Crippen molar-refractivity contribution in [2.45, 2.75) is 12.6 Å². The summed E-state index contributed by atoms with van der Waals surface area (Å²) in [6.45, 7) is 1.37. The number of rotatable bonds is 2. The summed E-state index contributed by atoms with van der Waals surface area (Å²) in [4.78, 5) is 0. The number of fused-ring (bicyclic) bond motifs is 1. The number of nitrogens with one attached hydrogen (secondary N) is 1. The standard InChI is InChI=1S/C15H13BrClNO/c16-13-7-11(5-6-14(13)17)18-15-9-19-8-10-3-1-2-4-12(10)15/h1-7,15,18H,8-9H2. The molecule has 2 aromatic rings. The third-order valence-corrected chi connectivity index (χ3v) is 4.45. The van der Waals surface area contributed by atoms with Crippen molar-refractivity contribution in [2.75, 3.05) is 11.9 Å². The van der Waals surface area contributed by atoms with E-state index in [1.807, 2.05) is 24.3 Å². The van der Waals surface area contributed by atoms with Crippen molar-refractivity contribution in [3.63, 3.8) is 0 Å². The minimum Gasteiger partial charge on any atom is -0.376 e. The average Bonchev–Trinajstić information content (AvgIpc) is 2.43. The first-order valence-electron chi connectivity index (χ1n) is 6.11. The van der Waals surface area contributed by atoms with Gasteiger partial charge in [0, 0.05) is 10.2 Å². The highest BCUT2D eigenvalue weighted by atomic mass is 79.9. The topological polar surface area (TPSA) is 21.3 Å². The van der Waals surface area contributed by atoms with Crippen LogP contribution in [0, 0.1) is 0 Å². The second kappa shape index (κ2) is 5.53. The predicted octanol–water partition coefficient (Wildman–Crippen LogP) is 4.79. The van der Waals surface area contributed by atoms with Gasteiger partial charge in [0.05, 0.1) is 24.3 Å². The molecule has 0 bridgehead atoms. The van der Waals surface area contributed by atoms with E-state index in [0.29, 0.717) is 18.2 Å². The largest absolute Gasteiger partial charge is 0.376 e. The van der Waals surface area contributed by atoms with Gasteiger partial charge in [0.25, 0.3) is 0 Å². The van der Waals surface area contributed by atoms with E-state index in [1.54, 1.807) is 0 Å². The molecular weight excluding hydrogens is 326 g/mol. The number of ether oxygens (including phenoxy) is 1. The summed E-state index contributed by atoms with van der Waals surface area (Å²) in [6, 6.07) is 14.4. The van der Waals surface area contributed by atoms with Gasteiger partial charge in [-0.3, -0.25) is 0 Å². The number of benzene rings is 2. The summed E-state index contributed by atoms with van der Waals surface area (Å²) >= 11 is 9.44. The Hall–Kier alpha value is -1.03. The quantitative estimate of drug-likeness (QED) is 0.850. The van der Waals surface area contributed by atoms with Gasteiger partial charge in [-0.1, -0.05) is 35.9 Å². The number of hydrogen-bond donors (Lipinski definition) is 1. The first kappa shape index (κ1) is 13.0. The lowest BCUT2D eigenvalue weighted by Gasteiger charge is -2.27. The molecule has 0 aromatic heterocycles. The van der Waals surface area contributed by atoms with Gasteiger partial charge in [0.1, 0.15) is 0 Å². The van der Waals surface area contributed by atoms with Gasteiger partial charge in [-0.05, 0) is 45.3 Å². The van der Waals surface area contributed by atoms with Gasteiger partial charge in [-0.15, -0.1) is 0 Å². The van der Waals surface area contributed by atoms with E-state index in [2.05, 4.69) is 39.4 Å². The Labute approximate surface area is 125 Å². The highest BCUT2D eigenvalue weighted by Crippen LogP contribution is 2.30. The van der Waals surface area contributed by atoms with Crippen LogP contribution in [-0.4, -0.2) is 6.61 Å². The lowest BCUT2D eigenvalue weighted by Crippen LogP contribution is -2.23. The first-order chi connectivity index (χ1) is 9.24. The summed E-state index contributed by atoms with van der Waals surface area (Å²) in [5.41, 5.74) is 3.58. The molecule has 0 saturated heterocycles. The van der Waals surface area contributed by atoms with E-state index in [1.165, 1.54) is 11.1 Å². The van der Waals surface area contributed by atoms with Crippen LogP contribution in [0.4, 0.5) is 5.69 Å². The molecule has 0 radical (unpaired) electrons. The molecule has 1 N–H and O–H groups in total. The molecule has 4 heteroatoms. The van der Waals surface area contributed by atoms with Crippen LogP contribution in [-0.2, 0) is 11.3 Å². The Balaban J connectivity index is 1.86. The van der Waals surface area contributed by atoms with E-state index >= 15 is 0 Å². The smallest absolute Gasteiger partial charge is 0.0751 e. The zero-order chi connectivity index (χ0) is 13.2. The fourth-order valence-corrected chi connectivity index (χ4v) is 2.78. The van der Waals surface area contributed by atoms with Gasteiger partial charge >= 0.3 is 0 Å². The maximum atomic E-state index is 6.01.